The van der Waals surface area contributed by atoms with Gasteiger partial charge in [-0.05, 0) is 84.4 Å². The number of nitrogens with zero attached hydrogens (tertiary/aromatic N) is 1. The Labute approximate surface area is 205 Å². The first-order valence-electron chi connectivity index (χ1n) is 11.6. The Morgan fingerprint density at radius 2 is 1.65 bits per heavy atom. The predicted molar refractivity (Wildman–Crippen MR) is 135 cm³/mol. The Bertz CT molecular complexity index is 933. The average molecular weight is 472 g/mol. The average Bonchev–Trinajstić information content (AvgIpc) is 2.64. The fourth-order valence-electron chi connectivity index (χ4n) is 3.37. The van der Waals surface area contributed by atoms with Crippen molar-refractivity contribution in [3.05, 3.63) is 34.9 Å². The third-order valence-electron chi connectivity index (χ3n) is 4.92. The van der Waals surface area contributed by atoms with Crippen LogP contribution in [0.15, 0.2) is 18.2 Å². The molecule has 2 unspecified atom stereocenters. The van der Waals surface area contributed by atoms with Gasteiger partial charge in [0.25, 0.3) is 5.91 Å². The van der Waals surface area contributed by atoms with E-state index in [0.29, 0.717) is 12.0 Å². The summed E-state index contributed by atoms with van der Waals surface area (Å²) in [6.07, 6.45) is 5.43. The van der Waals surface area contributed by atoms with E-state index in [1.807, 2.05) is 60.6 Å². The molecule has 0 aliphatic heterocycles. The van der Waals surface area contributed by atoms with Gasteiger partial charge in [-0.3, -0.25) is 14.5 Å². The normalized spacial score (nSPS) is 13.5. The molecule has 0 aromatic heterocycles. The van der Waals surface area contributed by atoms with Crippen LogP contribution in [0.25, 0.3) is 0 Å². The van der Waals surface area contributed by atoms with E-state index < -0.39 is 41.1 Å². The maximum Gasteiger partial charge on any atom is 0.408 e. The van der Waals surface area contributed by atoms with E-state index in [1.165, 1.54) is 0 Å². The molecule has 0 aliphatic carbocycles. The highest BCUT2D eigenvalue weighted by Crippen LogP contribution is 2.26. The zero-order valence-electron chi connectivity index (χ0n) is 22.3. The van der Waals surface area contributed by atoms with Crippen LogP contribution in [0.3, 0.4) is 0 Å². The van der Waals surface area contributed by atoms with E-state index in [1.54, 1.807) is 26.8 Å². The van der Waals surface area contributed by atoms with Crippen molar-refractivity contribution in [2.24, 2.45) is 5.92 Å². The molecular formula is C27H41N3O4. The summed E-state index contributed by atoms with van der Waals surface area (Å²) in [5.74, 6) is -0.871. The minimum atomic E-state index is -1.06. The Morgan fingerprint density at radius 1 is 1.06 bits per heavy atom. The lowest BCUT2D eigenvalue weighted by Crippen LogP contribution is -2.53. The Morgan fingerprint density at radius 3 is 2.09 bits per heavy atom. The number of aryl methyl sites for hydroxylation is 2. The number of rotatable bonds is 7. The van der Waals surface area contributed by atoms with E-state index >= 15 is 0 Å². The van der Waals surface area contributed by atoms with E-state index in [-0.39, 0.29) is 5.92 Å². The van der Waals surface area contributed by atoms with Gasteiger partial charge in [0.2, 0.25) is 5.91 Å². The van der Waals surface area contributed by atoms with Gasteiger partial charge in [0.1, 0.15) is 17.7 Å². The number of carbonyl (C=O) groups is 3. The van der Waals surface area contributed by atoms with E-state index in [2.05, 4.69) is 16.7 Å². The zero-order chi connectivity index (χ0) is 26.4. The van der Waals surface area contributed by atoms with Crippen LogP contribution in [0, 0.1) is 32.2 Å². The summed E-state index contributed by atoms with van der Waals surface area (Å²) < 4.78 is 5.35. The summed E-state index contributed by atoms with van der Waals surface area (Å²) in [5, 5.41) is 5.59. The lowest BCUT2D eigenvalue weighted by Gasteiger charge is -2.33. The third kappa shape index (κ3) is 9.09. The quantitative estimate of drug-likeness (QED) is 0.449. The highest BCUT2D eigenvalue weighted by Gasteiger charge is 2.37. The Balaban J connectivity index is 3.45. The predicted octanol–water partition coefficient (Wildman–Crippen LogP) is 4.62. The van der Waals surface area contributed by atoms with Crippen molar-refractivity contribution in [3.63, 3.8) is 0 Å². The number of hydrogen-bond donors (Lipinski definition) is 2. The van der Waals surface area contributed by atoms with Crippen LogP contribution in [0.2, 0.25) is 0 Å². The summed E-state index contributed by atoms with van der Waals surface area (Å²) in [6, 6.07) is 5.94. The molecule has 3 amide bonds. The molecule has 1 aromatic rings. The van der Waals surface area contributed by atoms with Crippen molar-refractivity contribution in [1.82, 2.24) is 15.5 Å². The number of terminal acetylenes is 1. The SMILES string of the molecule is C#CN(C(=O)C(CC(C)C)NC(=O)OC(C)(C)C)C(C(=O)NC(C)(C)C)c1ccc(C)c(C)c1. The molecule has 2 N–H and O–H groups in total. The molecule has 0 saturated carbocycles. The lowest BCUT2D eigenvalue weighted by atomic mass is 9.96. The van der Waals surface area contributed by atoms with Crippen molar-refractivity contribution < 1.29 is 19.1 Å². The number of nitrogens with one attached hydrogen (secondary N) is 2. The van der Waals surface area contributed by atoms with Crippen molar-refractivity contribution >= 4 is 17.9 Å². The summed E-state index contributed by atoms with van der Waals surface area (Å²) in [7, 11) is 0. The van der Waals surface area contributed by atoms with Gasteiger partial charge in [0, 0.05) is 11.6 Å². The van der Waals surface area contributed by atoms with Crippen LogP contribution in [0.5, 0.6) is 0 Å². The van der Waals surface area contributed by atoms with Crippen molar-refractivity contribution in [2.45, 2.75) is 98.9 Å². The molecule has 0 fully saturated rings. The van der Waals surface area contributed by atoms with Crippen LogP contribution in [-0.2, 0) is 14.3 Å². The molecule has 0 heterocycles. The van der Waals surface area contributed by atoms with Gasteiger partial charge in [0.15, 0.2) is 0 Å². The third-order valence-corrected chi connectivity index (χ3v) is 4.92. The highest BCUT2D eigenvalue weighted by molar-refractivity contribution is 5.93. The van der Waals surface area contributed by atoms with Gasteiger partial charge in [-0.2, -0.15) is 0 Å². The maximum atomic E-state index is 13.7. The number of ether oxygens (including phenoxy) is 1. The molecule has 0 saturated heterocycles. The van der Waals surface area contributed by atoms with Crippen molar-refractivity contribution in [1.29, 1.82) is 0 Å². The van der Waals surface area contributed by atoms with E-state index in [0.717, 1.165) is 16.0 Å². The zero-order valence-corrected chi connectivity index (χ0v) is 22.3. The topological polar surface area (TPSA) is 87.7 Å². The minimum absolute atomic E-state index is 0.0759. The molecule has 34 heavy (non-hydrogen) atoms. The maximum absolute atomic E-state index is 13.7. The first kappa shape index (κ1) is 29.0. The fourth-order valence-corrected chi connectivity index (χ4v) is 3.37. The van der Waals surface area contributed by atoms with Crippen LogP contribution in [0.1, 0.15) is 84.5 Å². The van der Waals surface area contributed by atoms with Gasteiger partial charge < -0.3 is 15.4 Å². The second kappa shape index (κ2) is 11.4. The minimum Gasteiger partial charge on any atom is -0.444 e. The number of amides is 3. The second-order valence-corrected chi connectivity index (χ2v) is 11.2. The van der Waals surface area contributed by atoms with E-state index in [9.17, 15) is 14.4 Å². The van der Waals surface area contributed by atoms with Crippen LogP contribution in [0.4, 0.5) is 4.79 Å². The van der Waals surface area contributed by atoms with Crippen LogP contribution >= 0.6 is 0 Å². The van der Waals surface area contributed by atoms with Crippen molar-refractivity contribution in [2.75, 3.05) is 0 Å². The number of benzene rings is 1. The molecule has 1 rings (SSSR count). The molecule has 188 valence electrons. The van der Waals surface area contributed by atoms with Gasteiger partial charge in [-0.25, -0.2) is 4.79 Å². The van der Waals surface area contributed by atoms with Crippen LogP contribution < -0.4 is 10.6 Å². The Hall–Kier alpha value is -3.01. The lowest BCUT2D eigenvalue weighted by molar-refractivity contribution is -0.139. The summed E-state index contributed by atoms with van der Waals surface area (Å²) >= 11 is 0. The summed E-state index contributed by atoms with van der Waals surface area (Å²) in [5.41, 5.74) is 1.36. The highest BCUT2D eigenvalue weighted by atomic mass is 16.6. The van der Waals surface area contributed by atoms with E-state index in [4.69, 9.17) is 11.2 Å². The van der Waals surface area contributed by atoms with Gasteiger partial charge >= 0.3 is 6.09 Å². The number of alkyl carbamates (subject to hydrolysis) is 1. The molecular weight excluding hydrogens is 430 g/mol. The molecule has 0 aliphatic rings. The van der Waals surface area contributed by atoms with Crippen molar-refractivity contribution in [3.8, 4) is 12.5 Å². The molecule has 0 radical (unpaired) electrons. The van der Waals surface area contributed by atoms with Crippen LogP contribution in [-0.4, -0.2) is 40.0 Å². The summed E-state index contributed by atoms with van der Waals surface area (Å²) in [4.78, 5) is 40.6. The molecule has 2 atom stereocenters. The first-order valence-corrected chi connectivity index (χ1v) is 11.6. The molecule has 0 spiro atoms. The molecule has 7 nitrogen and oxygen atoms in total. The second-order valence-electron chi connectivity index (χ2n) is 11.2. The molecule has 0 bridgehead atoms. The van der Waals surface area contributed by atoms with Gasteiger partial charge in [-0.15, -0.1) is 0 Å². The molecule has 7 heteroatoms. The largest absolute Gasteiger partial charge is 0.444 e. The fraction of sp³-hybridized carbons (Fsp3) is 0.593. The monoisotopic (exact) mass is 471 g/mol. The Kier molecular flexibility index (Phi) is 9.74. The number of hydrogen-bond acceptors (Lipinski definition) is 4. The standard InChI is InChI=1S/C27H41N3O4/c1-12-30(24(32)21(15-17(2)3)28-25(33)34-27(9,10)11)22(23(31)29-26(6,7)8)20-14-13-18(4)19(5)16-20/h1,13-14,16-17,21-22H,15H2,2-11H3,(H,28,33)(H,29,31). The summed E-state index contributed by atoms with van der Waals surface area (Å²) in [6.45, 7) is 18.6. The van der Waals surface area contributed by atoms with Gasteiger partial charge in [0.05, 0.1) is 0 Å². The van der Waals surface area contributed by atoms with Gasteiger partial charge in [-0.1, -0.05) is 38.5 Å². The number of carbonyl (C=O) groups excluding carboxylic acids is 3. The molecule has 1 aromatic carbocycles. The first-order chi connectivity index (χ1) is 15.4. The smallest absolute Gasteiger partial charge is 0.408 e.